The fourth-order valence-corrected chi connectivity index (χ4v) is 56.4. The second kappa shape index (κ2) is 13.7. The van der Waals surface area contributed by atoms with Gasteiger partial charge in [0.25, 0.3) is 0 Å². The van der Waals surface area contributed by atoms with Crippen molar-refractivity contribution in [2.75, 3.05) is 0 Å². The van der Waals surface area contributed by atoms with Crippen LogP contribution in [-0.4, -0.2) is 5.92 Å². The number of hydrogen-bond acceptors (Lipinski definition) is 0. The van der Waals surface area contributed by atoms with Crippen molar-refractivity contribution in [3.05, 3.63) is 204 Å². The molecule has 2 aliphatic rings. The van der Waals surface area contributed by atoms with Crippen LogP contribution in [-0.2, 0) is 22.0 Å². The van der Waals surface area contributed by atoms with Crippen LogP contribution in [0, 0.1) is 0 Å². The van der Waals surface area contributed by atoms with Crippen LogP contribution in [0.25, 0.3) is 49.9 Å². The first-order valence-electron chi connectivity index (χ1n) is 19.6. The minimum atomic E-state index is -5.52. The Bertz CT molecular complexity index is 2710. The summed E-state index contributed by atoms with van der Waals surface area (Å²) in [7, 11) is 18.5. The van der Waals surface area contributed by atoms with E-state index in [0.717, 1.165) is 19.3 Å². The van der Waals surface area contributed by atoms with Crippen molar-refractivity contribution < 1.29 is 15.6 Å². The monoisotopic (exact) mass is 841 g/mol. The summed E-state index contributed by atoms with van der Waals surface area (Å²) < 4.78 is 1.16. The molecule has 0 saturated heterocycles. The molecule has 4 heteroatoms. The van der Waals surface area contributed by atoms with Crippen LogP contribution in [0.4, 0.5) is 0 Å². The van der Waals surface area contributed by atoms with E-state index >= 15 is 0 Å². The summed E-state index contributed by atoms with van der Waals surface area (Å²) >= 11 is -5.52. The summed E-state index contributed by atoms with van der Waals surface area (Å²) in [6.07, 6.45) is 5.33. The Balaban J connectivity index is 1.32. The normalized spacial score (nSPS) is 15.4. The molecular formula is C51H41Cl2SiZr. The van der Waals surface area contributed by atoms with Crippen molar-refractivity contribution in [2.24, 2.45) is 0 Å². The summed E-state index contributed by atoms with van der Waals surface area (Å²) in [5.41, 5.74) is 11.8. The average Bonchev–Trinajstić information content (AvgIpc) is 3.80. The predicted octanol–water partition coefficient (Wildman–Crippen LogP) is 12.3. The fraction of sp³-hybridized carbons (Fsp3) is 0.0980. The molecule has 2 aliphatic carbocycles. The zero-order valence-electron chi connectivity index (χ0n) is 30.9. The van der Waals surface area contributed by atoms with Gasteiger partial charge in [0, 0.05) is 0 Å². The quantitative estimate of drug-likeness (QED) is 0.106. The molecule has 0 bridgehead atoms. The van der Waals surface area contributed by atoms with Crippen molar-refractivity contribution >= 4 is 64.2 Å². The van der Waals surface area contributed by atoms with E-state index in [1.165, 1.54) is 85.3 Å². The molecule has 10 rings (SSSR count). The van der Waals surface area contributed by atoms with Crippen LogP contribution in [0.2, 0.25) is 0 Å². The van der Waals surface area contributed by atoms with Gasteiger partial charge in [-0.05, 0) is 0 Å². The molecule has 55 heavy (non-hydrogen) atoms. The van der Waals surface area contributed by atoms with Crippen LogP contribution in [0.3, 0.4) is 0 Å². The van der Waals surface area contributed by atoms with Gasteiger partial charge in [-0.3, -0.25) is 0 Å². The molecule has 1 atom stereocenters. The van der Waals surface area contributed by atoms with Crippen LogP contribution in [0.1, 0.15) is 45.6 Å². The fourth-order valence-electron chi connectivity index (χ4n) is 10.3. The van der Waals surface area contributed by atoms with Crippen LogP contribution in [0.5, 0.6) is 0 Å². The van der Waals surface area contributed by atoms with Gasteiger partial charge in [0.15, 0.2) is 0 Å². The summed E-state index contributed by atoms with van der Waals surface area (Å²) in [6.45, 7) is 2.30. The molecule has 0 radical (unpaired) electrons. The molecule has 8 aromatic carbocycles. The number of hydrogen-bond donors (Lipinski definition) is 0. The molecule has 267 valence electrons. The SMILES string of the molecule is CCCC1=Cc2c(-c3c4ccccc4cc4ccccc34)cccc2[CH]1[Zr]([Cl])([Cl])([c]1cccc2c1Cc1ccccc1-2)[SiH](c1ccccc1)c1ccccc1. The van der Waals surface area contributed by atoms with Gasteiger partial charge in [-0.25, -0.2) is 0 Å². The zero-order valence-corrected chi connectivity index (χ0v) is 36.0. The molecule has 0 nitrogen and oxygen atoms in total. The molecule has 0 N–H and O–H groups in total. The van der Waals surface area contributed by atoms with E-state index in [9.17, 15) is 17.0 Å². The molecule has 0 amide bonds. The third kappa shape index (κ3) is 5.48. The van der Waals surface area contributed by atoms with Crippen molar-refractivity contribution in [1.29, 1.82) is 0 Å². The van der Waals surface area contributed by atoms with Gasteiger partial charge >= 0.3 is 336 Å². The van der Waals surface area contributed by atoms with E-state index in [1.54, 1.807) is 0 Å². The van der Waals surface area contributed by atoms with Gasteiger partial charge in [-0.15, -0.1) is 0 Å². The van der Waals surface area contributed by atoms with Crippen LogP contribution < -0.4 is 13.6 Å². The first-order valence-corrected chi connectivity index (χ1v) is 34.5. The summed E-state index contributed by atoms with van der Waals surface area (Å²) in [4.78, 5) is 0. The second-order valence-corrected chi connectivity index (χ2v) is 52.5. The third-order valence-corrected chi connectivity index (χ3v) is 52.8. The van der Waals surface area contributed by atoms with Gasteiger partial charge in [-0.2, -0.15) is 0 Å². The molecule has 0 saturated carbocycles. The Morgan fingerprint density at radius 3 is 1.82 bits per heavy atom. The molecule has 8 aromatic rings. The van der Waals surface area contributed by atoms with Crippen molar-refractivity contribution in [3.63, 3.8) is 0 Å². The molecule has 0 spiro atoms. The van der Waals surface area contributed by atoms with Gasteiger partial charge in [-0.1, -0.05) is 0 Å². The predicted molar refractivity (Wildman–Crippen MR) is 238 cm³/mol. The van der Waals surface area contributed by atoms with E-state index in [4.69, 9.17) is 0 Å². The van der Waals surface area contributed by atoms with Gasteiger partial charge in [0.1, 0.15) is 0 Å². The zero-order chi connectivity index (χ0) is 37.2. The Morgan fingerprint density at radius 2 is 1.15 bits per heavy atom. The summed E-state index contributed by atoms with van der Waals surface area (Å²) in [6, 6.07) is 65.0. The molecule has 1 unspecified atom stereocenters. The molecule has 0 heterocycles. The van der Waals surface area contributed by atoms with E-state index < -0.39 is 21.5 Å². The Hall–Kier alpha value is -4.30. The van der Waals surface area contributed by atoms with Crippen molar-refractivity contribution in [2.45, 2.75) is 29.8 Å². The van der Waals surface area contributed by atoms with Crippen LogP contribution in [0.15, 0.2) is 181 Å². The van der Waals surface area contributed by atoms with Gasteiger partial charge < -0.3 is 0 Å². The van der Waals surface area contributed by atoms with E-state index in [0.29, 0.717) is 0 Å². The van der Waals surface area contributed by atoms with Gasteiger partial charge in [0.05, 0.1) is 0 Å². The number of allylic oxidation sites excluding steroid dienone is 1. The molecular weight excluding hydrogens is 803 g/mol. The van der Waals surface area contributed by atoms with Gasteiger partial charge in [0.2, 0.25) is 0 Å². The first kappa shape index (κ1) is 35.1. The maximum atomic E-state index is 9.23. The molecule has 0 aliphatic heterocycles. The van der Waals surface area contributed by atoms with E-state index in [2.05, 4.69) is 189 Å². The van der Waals surface area contributed by atoms with E-state index in [1.807, 2.05) is 0 Å². The minimum absolute atomic E-state index is 0.0896. The number of fused-ring (bicyclic) bond motifs is 6. The van der Waals surface area contributed by atoms with Crippen molar-refractivity contribution in [3.8, 4) is 22.3 Å². The Morgan fingerprint density at radius 1 is 0.582 bits per heavy atom. The number of benzene rings is 8. The third-order valence-electron chi connectivity index (χ3n) is 12.4. The Kier molecular flexibility index (Phi) is 8.76. The number of halogens is 2. The second-order valence-electron chi connectivity index (χ2n) is 15.5. The molecule has 0 fully saturated rings. The van der Waals surface area contributed by atoms with E-state index in [-0.39, 0.29) is 3.63 Å². The summed E-state index contributed by atoms with van der Waals surface area (Å²) in [5.74, 6) is -2.40. The van der Waals surface area contributed by atoms with Crippen LogP contribution >= 0.6 is 17.0 Å². The molecule has 0 aromatic heterocycles. The standard InChI is InChI=1S/C26H21.C13H9.C12H11Si.2ClH.Zr/c1-2-8-18-15-19-11-7-14-24(25(19)16-18)26-22-12-5-3-9-20(22)17-21-10-4-6-13-23(21)26;1-3-7-12-10(5-1)9-11-6-2-4-8-13(11)12;1-3-7-11(8-4-1)13-12-9-5-2-6-10-12;;;/h3-7,9-17H,2,8H2,1H3;1-5,7-8H,9H2;1-10,13H;2*1H;/q;;;;;+2/p-2. The summed E-state index contributed by atoms with van der Waals surface area (Å²) in [5, 5.41) is 7.67. The maximum absolute atomic E-state index is 9.23. The average molecular weight is 844 g/mol. The number of rotatable bonds is 8. The van der Waals surface area contributed by atoms with Crippen molar-refractivity contribution in [1.82, 2.24) is 0 Å². The topological polar surface area (TPSA) is 0 Å². The first-order chi connectivity index (χ1) is 26.9. The Labute approximate surface area is 332 Å².